The summed E-state index contributed by atoms with van der Waals surface area (Å²) in [4.78, 5) is 17.4. The number of nitrogens with two attached hydrogens (primary N) is 1. The minimum absolute atomic E-state index is 0.448. The molecule has 0 rings (SSSR count). The first-order chi connectivity index (χ1) is 7.31. The topological polar surface area (TPSA) is 98.5 Å². The van der Waals surface area contributed by atoms with Gasteiger partial charge in [0.2, 0.25) is 10.0 Å². The summed E-state index contributed by atoms with van der Waals surface area (Å²) in [6, 6.07) is -0.803. The van der Waals surface area contributed by atoms with Gasteiger partial charge in [0.25, 0.3) is 0 Å². The van der Waals surface area contributed by atoms with Crippen molar-refractivity contribution >= 4 is 27.8 Å². The van der Waals surface area contributed by atoms with E-state index in [1.807, 2.05) is 6.26 Å². The minimum Gasteiger partial charge on any atom is -0.354 e. The van der Waals surface area contributed by atoms with Gasteiger partial charge in [-0.15, -0.1) is 0 Å². The molecule has 0 amide bonds. The van der Waals surface area contributed by atoms with Crippen molar-refractivity contribution in [2.24, 2.45) is 5.73 Å². The Hall–Kier alpha value is -0.310. The van der Waals surface area contributed by atoms with Gasteiger partial charge in [0.1, 0.15) is 6.04 Å². The predicted octanol–water partition coefficient (Wildman–Crippen LogP) is -0.147. The molecule has 16 heavy (non-hydrogen) atoms. The highest BCUT2D eigenvalue weighted by Gasteiger charge is 2.21. The minimum atomic E-state index is -3.60. The molecule has 3 N–H and O–H groups in total. The fourth-order valence-electron chi connectivity index (χ4n) is 0.634. The number of carbonyl (C=O) groups excluding carboxylic acids is 1. The molecule has 0 aliphatic carbocycles. The second-order valence-corrected chi connectivity index (χ2v) is 6.67. The van der Waals surface area contributed by atoms with Gasteiger partial charge in [-0.05, 0) is 37.2 Å². The molecule has 0 fully saturated rings. The van der Waals surface area contributed by atoms with Crippen molar-refractivity contribution in [3.8, 4) is 0 Å². The van der Waals surface area contributed by atoms with Crippen LogP contribution in [0.1, 0.15) is 20.3 Å². The number of nitrogens with one attached hydrogen (secondary N) is 1. The fourth-order valence-corrected chi connectivity index (χ4v) is 1.51. The lowest BCUT2D eigenvalue weighted by molar-refractivity contribution is -0.148. The molecule has 0 aromatic heterocycles. The molecule has 0 saturated carbocycles. The molecule has 96 valence electrons. The monoisotopic (exact) mass is 270 g/mol. The smallest absolute Gasteiger partial charge is 0.342 e. The average molecular weight is 270 g/mol. The van der Waals surface area contributed by atoms with Crippen LogP contribution < -0.4 is 10.6 Å². The van der Waals surface area contributed by atoms with E-state index in [1.165, 1.54) is 13.8 Å². The number of hydrogen-bond donors (Lipinski definition) is 2. The summed E-state index contributed by atoms with van der Waals surface area (Å²) in [7, 11) is -3.60. The quantitative estimate of drug-likeness (QED) is 0.624. The van der Waals surface area contributed by atoms with Crippen LogP contribution in [0, 0.1) is 0 Å². The van der Waals surface area contributed by atoms with Crippen molar-refractivity contribution in [2.75, 3.05) is 12.0 Å². The normalized spacial score (nSPS) is 13.8. The summed E-state index contributed by atoms with van der Waals surface area (Å²) >= 11 is 1.55. The summed E-state index contributed by atoms with van der Waals surface area (Å²) in [6.07, 6.45) is 2.34. The standard InChI is InChI=1S/C8H18N2O4S2/c1-6(2)16(12,13)10-14-8(11)7(9)4-5-15-3/h6-7,10H,4-5,9H2,1-3H3/t7-/m0/s1. The predicted molar refractivity (Wildman–Crippen MR) is 64.3 cm³/mol. The SMILES string of the molecule is CSCC[C@H](N)C(=O)ONS(=O)(=O)C(C)C. The van der Waals surface area contributed by atoms with E-state index in [0.29, 0.717) is 12.2 Å². The number of carbonyl (C=O) groups is 1. The molecule has 0 radical (unpaired) electrons. The van der Waals surface area contributed by atoms with E-state index in [1.54, 1.807) is 16.6 Å². The highest BCUT2D eigenvalue weighted by atomic mass is 32.2. The summed E-state index contributed by atoms with van der Waals surface area (Å²) in [6.45, 7) is 2.95. The van der Waals surface area contributed by atoms with Crippen molar-refractivity contribution in [3.63, 3.8) is 0 Å². The van der Waals surface area contributed by atoms with E-state index in [0.717, 1.165) is 0 Å². The number of rotatable bonds is 7. The lowest BCUT2D eigenvalue weighted by Gasteiger charge is -2.12. The van der Waals surface area contributed by atoms with Crippen LogP contribution in [0.2, 0.25) is 0 Å². The Morgan fingerprint density at radius 2 is 2.06 bits per heavy atom. The highest BCUT2D eigenvalue weighted by molar-refractivity contribution is 7.98. The average Bonchev–Trinajstić information content (AvgIpc) is 2.22. The summed E-state index contributed by atoms with van der Waals surface area (Å²) in [5.74, 6) is -0.0500. The van der Waals surface area contributed by atoms with E-state index in [9.17, 15) is 13.2 Å². The lowest BCUT2D eigenvalue weighted by Crippen LogP contribution is -2.40. The van der Waals surface area contributed by atoms with Gasteiger partial charge in [-0.3, -0.25) is 0 Å². The number of hydrogen-bond acceptors (Lipinski definition) is 6. The molecule has 1 atom stereocenters. The van der Waals surface area contributed by atoms with Crippen molar-refractivity contribution in [2.45, 2.75) is 31.6 Å². The Morgan fingerprint density at radius 1 is 1.50 bits per heavy atom. The van der Waals surface area contributed by atoms with Crippen LogP contribution in [0.5, 0.6) is 0 Å². The van der Waals surface area contributed by atoms with Gasteiger partial charge in [0.05, 0.1) is 5.25 Å². The van der Waals surface area contributed by atoms with E-state index < -0.39 is 27.3 Å². The highest BCUT2D eigenvalue weighted by Crippen LogP contribution is 2.01. The molecule has 8 heteroatoms. The zero-order valence-corrected chi connectivity index (χ0v) is 11.2. The molecule has 0 bridgehead atoms. The summed E-state index contributed by atoms with van der Waals surface area (Å²) < 4.78 is 22.5. The molecule has 0 aromatic rings. The molecular weight excluding hydrogens is 252 g/mol. The number of thioether (sulfide) groups is 1. The van der Waals surface area contributed by atoms with Crippen molar-refractivity contribution in [1.29, 1.82) is 0 Å². The zero-order chi connectivity index (χ0) is 12.8. The molecule has 0 heterocycles. The van der Waals surface area contributed by atoms with E-state index in [4.69, 9.17) is 5.73 Å². The fraction of sp³-hybridized carbons (Fsp3) is 0.875. The van der Waals surface area contributed by atoms with E-state index in [-0.39, 0.29) is 0 Å². The van der Waals surface area contributed by atoms with Gasteiger partial charge in [0.15, 0.2) is 0 Å². The molecular formula is C8H18N2O4S2. The zero-order valence-electron chi connectivity index (χ0n) is 9.60. The van der Waals surface area contributed by atoms with E-state index >= 15 is 0 Å². The lowest BCUT2D eigenvalue weighted by atomic mass is 10.2. The van der Waals surface area contributed by atoms with Crippen LogP contribution in [0.15, 0.2) is 0 Å². The Morgan fingerprint density at radius 3 is 2.50 bits per heavy atom. The summed E-state index contributed by atoms with van der Waals surface area (Å²) in [5, 5.41) is -0.664. The molecule has 0 aliphatic rings. The van der Waals surface area contributed by atoms with Crippen LogP contribution in [0.25, 0.3) is 0 Å². The largest absolute Gasteiger partial charge is 0.354 e. The third kappa shape index (κ3) is 5.69. The maximum absolute atomic E-state index is 11.2. The van der Waals surface area contributed by atoms with Gasteiger partial charge < -0.3 is 10.6 Å². The van der Waals surface area contributed by atoms with Gasteiger partial charge in [-0.2, -0.15) is 11.8 Å². The molecule has 6 nitrogen and oxygen atoms in total. The third-order valence-corrected chi connectivity index (χ3v) is 4.02. The molecule has 0 saturated heterocycles. The van der Waals surface area contributed by atoms with Gasteiger partial charge in [0, 0.05) is 0 Å². The van der Waals surface area contributed by atoms with E-state index in [2.05, 4.69) is 4.84 Å². The molecule has 0 aliphatic heterocycles. The van der Waals surface area contributed by atoms with Gasteiger partial charge in [-0.1, -0.05) is 0 Å². The Labute approximate surface area is 100 Å². The van der Waals surface area contributed by atoms with Crippen LogP contribution >= 0.6 is 11.8 Å². The second-order valence-electron chi connectivity index (χ2n) is 3.49. The van der Waals surface area contributed by atoms with Crippen molar-refractivity contribution < 1.29 is 18.0 Å². The number of sulfonamides is 1. The van der Waals surface area contributed by atoms with Crippen LogP contribution in [-0.2, 0) is 19.7 Å². The van der Waals surface area contributed by atoms with Crippen LogP contribution in [0.4, 0.5) is 0 Å². The Bertz CT molecular complexity index is 316. The van der Waals surface area contributed by atoms with Gasteiger partial charge >= 0.3 is 5.97 Å². The van der Waals surface area contributed by atoms with Gasteiger partial charge in [-0.25, -0.2) is 13.2 Å². The Balaban J connectivity index is 4.07. The Kier molecular flexibility index (Phi) is 6.96. The van der Waals surface area contributed by atoms with Crippen molar-refractivity contribution in [3.05, 3.63) is 0 Å². The third-order valence-electron chi connectivity index (χ3n) is 1.81. The van der Waals surface area contributed by atoms with Crippen LogP contribution in [0.3, 0.4) is 0 Å². The van der Waals surface area contributed by atoms with Crippen LogP contribution in [-0.4, -0.2) is 37.7 Å². The maximum Gasteiger partial charge on any atom is 0.342 e. The summed E-state index contributed by atoms with van der Waals surface area (Å²) in [5.41, 5.74) is 5.49. The van der Waals surface area contributed by atoms with Crippen molar-refractivity contribution in [1.82, 2.24) is 4.89 Å². The molecule has 0 unspecified atom stereocenters. The molecule has 0 spiro atoms. The first-order valence-electron chi connectivity index (χ1n) is 4.77. The first kappa shape index (κ1) is 15.7. The first-order valence-corrected chi connectivity index (χ1v) is 7.71. The maximum atomic E-state index is 11.2. The second kappa shape index (κ2) is 7.10. The molecule has 0 aromatic carbocycles.